The summed E-state index contributed by atoms with van der Waals surface area (Å²) in [4.78, 5) is 16.1. The summed E-state index contributed by atoms with van der Waals surface area (Å²) >= 11 is 0. The summed E-state index contributed by atoms with van der Waals surface area (Å²) in [5.74, 6) is 0.0197. The number of allylic oxidation sites excluding steroid dienone is 1. The highest BCUT2D eigenvalue weighted by Crippen LogP contribution is 2.21. The summed E-state index contributed by atoms with van der Waals surface area (Å²) in [6.07, 6.45) is 3.73. The molecule has 0 aliphatic carbocycles. The molecule has 0 aromatic carbocycles. The maximum atomic E-state index is 12.0. The summed E-state index contributed by atoms with van der Waals surface area (Å²) < 4.78 is 0. The standard InChI is InChI=1S/C14H23N3O/c1-5-6-13(18)17-10-9-16(14(2,3)4)11-12(17)7-8-15/h5-6,12H,7,9-11H2,1-4H3/b6-5+. The normalized spacial score (nSPS) is 22.2. The first-order valence-electron chi connectivity index (χ1n) is 6.45. The molecule has 0 N–H and O–H groups in total. The van der Waals surface area contributed by atoms with Crippen LogP contribution < -0.4 is 0 Å². The van der Waals surface area contributed by atoms with E-state index in [0.717, 1.165) is 13.1 Å². The summed E-state index contributed by atoms with van der Waals surface area (Å²) in [6, 6.07) is 2.20. The second-order valence-electron chi connectivity index (χ2n) is 5.66. The molecule has 0 bridgehead atoms. The maximum absolute atomic E-state index is 12.0. The molecule has 1 rings (SSSR count). The largest absolute Gasteiger partial charge is 0.333 e. The average Bonchev–Trinajstić information content (AvgIpc) is 2.28. The highest BCUT2D eigenvalue weighted by atomic mass is 16.2. The Hall–Kier alpha value is -1.34. The lowest BCUT2D eigenvalue weighted by Gasteiger charge is -2.46. The van der Waals surface area contributed by atoms with Gasteiger partial charge in [-0.05, 0) is 33.8 Å². The minimum Gasteiger partial charge on any atom is -0.333 e. The fraction of sp³-hybridized carbons (Fsp3) is 0.714. The van der Waals surface area contributed by atoms with E-state index in [4.69, 9.17) is 5.26 Å². The van der Waals surface area contributed by atoms with Crippen molar-refractivity contribution in [1.82, 2.24) is 9.80 Å². The van der Waals surface area contributed by atoms with Crippen LogP contribution in [0, 0.1) is 11.3 Å². The third-order valence-electron chi connectivity index (χ3n) is 3.35. The van der Waals surface area contributed by atoms with Crippen molar-refractivity contribution in [1.29, 1.82) is 5.26 Å². The van der Waals surface area contributed by atoms with Crippen molar-refractivity contribution in [3.05, 3.63) is 12.2 Å². The van der Waals surface area contributed by atoms with Gasteiger partial charge in [-0.1, -0.05) is 6.08 Å². The third-order valence-corrected chi connectivity index (χ3v) is 3.35. The lowest BCUT2D eigenvalue weighted by atomic mass is 10.0. The smallest absolute Gasteiger partial charge is 0.246 e. The van der Waals surface area contributed by atoms with Crippen LogP contribution in [0.2, 0.25) is 0 Å². The highest BCUT2D eigenvalue weighted by Gasteiger charge is 2.33. The first kappa shape index (κ1) is 14.7. The van der Waals surface area contributed by atoms with Crippen molar-refractivity contribution in [3.8, 4) is 6.07 Å². The van der Waals surface area contributed by atoms with Gasteiger partial charge in [0.1, 0.15) is 0 Å². The van der Waals surface area contributed by atoms with Crippen molar-refractivity contribution in [2.45, 2.75) is 45.7 Å². The van der Waals surface area contributed by atoms with E-state index < -0.39 is 0 Å². The van der Waals surface area contributed by atoms with Gasteiger partial charge >= 0.3 is 0 Å². The zero-order valence-electron chi connectivity index (χ0n) is 11.8. The number of nitriles is 1. The van der Waals surface area contributed by atoms with Crippen LogP contribution in [0.4, 0.5) is 0 Å². The second kappa shape index (κ2) is 6.01. The topological polar surface area (TPSA) is 47.3 Å². The quantitative estimate of drug-likeness (QED) is 0.701. The van der Waals surface area contributed by atoms with Gasteiger partial charge in [0.05, 0.1) is 18.5 Å². The van der Waals surface area contributed by atoms with E-state index >= 15 is 0 Å². The summed E-state index contributed by atoms with van der Waals surface area (Å²) in [5, 5.41) is 8.91. The molecular weight excluding hydrogens is 226 g/mol. The van der Waals surface area contributed by atoms with E-state index in [0.29, 0.717) is 13.0 Å². The summed E-state index contributed by atoms with van der Waals surface area (Å²) in [6.45, 7) is 10.7. The number of carbonyl (C=O) groups is 1. The van der Waals surface area contributed by atoms with Crippen LogP contribution in [0.15, 0.2) is 12.2 Å². The van der Waals surface area contributed by atoms with Gasteiger partial charge in [-0.2, -0.15) is 5.26 Å². The molecular formula is C14H23N3O. The van der Waals surface area contributed by atoms with Crippen LogP contribution in [0.1, 0.15) is 34.1 Å². The Bertz CT molecular complexity index is 362. The molecule has 1 aliphatic rings. The third kappa shape index (κ3) is 3.58. The maximum Gasteiger partial charge on any atom is 0.246 e. The Balaban J connectivity index is 2.79. The molecule has 0 aromatic rings. The van der Waals surface area contributed by atoms with Gasteiger partial charge in [-0.3, -0.25) is 9.69 Å². The monoisotopic (exact) mass is 249 g/mol. The second-order valence-corrected chi connectivity index (χ2v) is 5.66. The number of piperazine rings is 1. The molecule has 1 heterocycles. The lowest BCUT2D eigenvalue weighted by molar-refractivity contribution is -0.131. The zero-order chi connectivity index (χ0) is 13.8. The number of carbonyl (C=O) groups excluding carboxylic acids is 1. The van der Waals surface area contributed by atoms with Gasteiger partial charge in [-0.15, -0.1) is 0 Å². The van der Waals surface area contributed by atoms with Crippen molar-refractivity contribution in [2.75, 3.05) is 19.6 Å². The van der Waals surface area contributed by atoms with Crippen molar-refractivity contribution < 1.29 is 4.79 Å². The van der Waals surface area contributed by atoms with Gasteiger partial charge in [0, 0.05) is 25.2 Å². The number of hydrogen-bond acceptors (Lipinski definition) is 3. The zero-order valence-corrected chi connectivity index (χ0v) is 11.8. The molecule has 1 atom stereocenters. The van der Waals surface area contributed by atoms with Crippen molar-refractivity contribution in [2.24, 2.45) is 0 Å². The number of rotatable bonds is 2. The Morgan fingerprint density at radius 3 is 2.61 bits per heavy atom. The molecule has 0 spiro atoms. The summed E-state index contributed by atoms with van der Waals surface area (Å²) in [7, 11) is 0. The molecule has 100 valence electrons. The Kier molecular flexibility index (Phi) is 4.92. The number of hydrogen-bond donors (Lipinski definition) is 0. The van der Waals surface area contributed by atoms with Crippen LogP contribution in [0.5, 0.6) is 0 Å². The van der Waals surface area contributed by atoms with E-state index in [-0.39, 0.29) is 17.5 Å². The van der Waals surface area contributed by atoms with Crippen molar-refractivity contribution >= 4 is 5.91 Å². The Morgan fingerprint density at radius 2 is 2.11 bits per heavy atom. The molecule has 1 saturated heterocycles. The van der Waals surface area contributed by atoms with Gasteiger partial charge in [0.15, 0.2) is 0 Å². The molecule has 18 heavy (non-hydrogen) atoms. The van der Waals surface area contributed by atoms with E-state index in [1.54, 1.807) is 12.2 Å². The SMILES string of the molecule is C/C=C/C(=O)N1CCN(C(C)(C)C)CC1CC#N. The van der Waals surface area contributed by atoms with Gasteiger partial charge in [0.2, 0.25) is 5.91 Å². The molecule has 1 aliphatic heterocycles. The van der Waals surface area contributed by atoms with Crippen LogP contribution in [0.25, 0.3) is 0 Å². The van der Waals surface area contributed by atoms with Crippen LogP contribution in [-0.2, 0) is 4.79 Å². The molecule has 1 unspecified atom stereocenters. The molecule has 1 amide bonds. The molecule has 0 aromatic heterocycles. The fourth-order valence-corrected chi connectivity index (χ4v) is 2.27. The first-order chi connectivity index (χ1) is 8.40. The molecule has 0 radical (unpaired) electrons. The number of amides is 1. The molecule has 4 nitrogen and oxygen atoms in total. The fourth-order valence-electron chi connectivity index (χ4n) is 2.27. The van der Waals surface area contributed by atoms with Crippen LogP contribution >= 0.6 is 0 Å². The van der Waals surface area contributed by atoms with Gasteiger partial charge < -0.3 is 4.90 Å². The van der Waals surface area contributed by atoms with Crippen molar-refractivity contribution in [3.63, 3.8) is 0 Å². The lowest BCUT2D eigenvalue weighted by Crippen LogP contribution is -2.59. The van der Waals surface area contributed by atoms with E-state index in [9.17, 15) is 4.79 Å². The molecule has 1 fully saturated rings. The first-order valence-corrected chi connectivity index (χ1v) is 6.45. The van der Waals surface area contributed by atoms with Crippen LogP contribution in [-0.4, -0.2) is 46.9 Å². The Labute approximate surface area is 110 Å². The van der Waals surface area contributed by atoms with E-state index in [1.807, 2.05) is 11.8 Å². The van der Waals surface area contributed by atoms with Gasteiger partial charge in [0.25, 0.3) is 0 Å². The summed E-state index contributed by atoms with van der Waals surface area (Å²) in [5.41, 5.74) is 0.0867. The van der Waals surface area contributed by atoms with E-state index in [1.165, 1.54) is 0 Å². The number of nitrogens with zero attached hydrogens (tertiary/aromatic N) is 3. The minimum absolute atomic E-state index is 0.00618. The molecule has 4 heteroatoms. The van der Waals surface area contributed by atoms with Gasteiger partial charge in [-0.25, -0.2) is 0 Å². The predicted molar refractivity (Wildman–Crippen MR) is 71.9 cm³/mol. The average molecular weight is 249 g/mol. The minimum atomic E-state index is 0.00618. The highest BCUT2D eigenvalue weighted by molar-refractivity contribution is 5.87. The van der Waals surface area contributed by atoms with Crippen LogP contribution in [0.3, 0.4) is 0 Å². The predicted octanol–water partition coefficient (Wildman–Crippen LogP) is 1.79. The molecule has 0 saturated carbocycles. The van der Waals surface area contributed by atoms with E-state index in [2.05, 4.69) is 31.7 Å². The Morgan fingerprint density at radius 1 is 1.44 bits per heavy atom.